The number of ether oxygens (including phenoxy) is 1. The van der Waals surface area contributed by atoms with E-state index in [1.165, 1.54) is 14.0 Å². The van der Waals surface area contributed by atoms with Crippen molar-refractivity contribution in [1.82, 2.24) is 14.7 Å². The molecule has 2 aromatic rings. The number of benzene rings is 1. The van der Waals surface area contributed by atoms with Crippen LogP contribution in [-0.4, -0.2) is 74.2 Å². The van der Waals surface area contributed by atoms with Crippen LogP contribution in [0.3, 0.4) is 0 Å². The second-order valence-electron chi connectivity index (χ2n) is 8.32. The van der Waals surface area contributed by atoms with Gasteiger partial charge in [-0.3, -0.25) is 9.69 Å². The van der Waals surface area contributed by atoms with Gasteiger partial charge in [-0.25, -0.2) is 13.1 Å². The average Bonchev–Trinajstić information content (AvgIpc) is 3.08. The fourth-order valence-corrected chi connectivity index (χ4v) is 5.24. The Morgan fingerprint density at radius 1 is 1.29 bits per heavy atom. The summed E-state index contributed by atoms with van der Waals surface area (Å²) in [6.45, 7) is 2.32. The molecule has 8 nitrogen and oxygen atoms in total. The number of anilines is 1. The van der Waals surface area contributed by atoms with E-state index in [0.29, 0.717) is 30.1 Å². The highest BCUT2D eigenvalue weighted by Crippen LogP contribution is 2.37. The van der Waals surface area contributed by atoms with Crippen LogP contribution in [0.15, 0.2) is 18.2 Å². The molecule has 2 atom stereocenters. The number of sulfone groups is 1. The molecular formula is C21H25Cl2F3N4O4S. The zero-order valence-corrected chi connectivity index (χ0v) is 21.5. The van der Waals surface area contributed by atoms with Crippen molar-refractivity contribution in [3.8, 4) is 5.75 Å². The van der Waals surface area contributed by atoms with Gasteiger partial charge in [0.25, 0.3) is 0 Å². The number of carbonyl (C=O) groups excluding carboxylic acids is 1. The standard InChI is InChI=1S/C21H25Cl2F3N4O4S/c1-13-19(23)20(21(24,25)26)27-30(13)18(12-31)29-8-7-28(11-15(29)6-9-35(3,32)33)14-4-5-16(22)17(10-14)34-2/h4-5,10,12,15,18H,6-9,11H2,1-3H3/t15-,18?/m0/s1. The quantitative estimate of drug-likeness (QED) is 0.456. The van der Waals surface area contributed by atoms with Crippen molar-refractivity contribution in [1.29, 1.82) is 0 Å². The summed E-state index contributed by atoms with van der Waals surface area (Å²) in [5.74, 6) is 0.302. The number of nitrogens with zero attached hydrogens (tertiary/aromatic N) is 4. The maximum atomic E-state index is 13.4. The van der Waals surface area contributed by atoms with Gasteiger partial charge in [0.05, 0.1) is 28.6 Å². The summed E-state index contributed by atoms with van der Waals surface area (Å²) in [6.07, 6.45) is -4.24. The Bertz CT molecular complexity index is 1190. The minimum atomic E-state index is -4.79. The predicted octanol–water partition coefficient (Wildman–Crippen LogP) is 3.85. The molecule has 0 aliphatic carbocycles. The highest BCUT2D eigenvalue weighted by atomic mass is 35.5. The van der Waals surface area contributed by atoms with Crippen LogP contribution in [0.2, 0.25) is 10.0 Å². The second-order valence-corrected chi connectivity index (χ2v) is 11.4. The Morgan fingerprint density at radius 2 is 1.97 bits per heavy atom. The zero-order valence-electron chi connectivity index (χ0n) is 19.2. The van der Waals surface area contributed by atoms with Crippen LogP contribution in [0.4, 0.5) is 18.9 Å². The van der Waals surface area contributed by atoms with Crippen molar-refractivity contribution < 1.29 is 31.1 Å². The van der Waals surface area contributed by atoms with E-state index in [9.17, 15) is 26.4 Å². The summed E-state index contributed by atoms with van der Waals surface area (Å²) < 4.78 is 70.1. The SMILES string of the molecule is COc1cc(N2CCN(C(C=O)n3nc(C(F)(F)F)c(Cl)c3C)[C@@H](CCS(C)(=O)=O)C2)ccc1Cl. The lowest BCUT2D eigenvalue weighted by molar-refractivity contribution is -0.142. The molecule has 1 aliphatic rings. The first kappa shape index (κ1) is 27.6. The van der Waals surface area contributed by atoms with Gasteiger partial charge in [0.2, 0.25) is 0 Å². The molecule has 0 N–H and O–H groups in total. The lowest BCUT2D eigenvalue weighted by Gasteiger charge is -2.44. The Hall–Kier alpha value is -2.02. The first-order chi connectivity index (χ1) is 16.3. The third-order valence-electron chi connectivity index (χ3n) is 5.91. The van der Waals surface area contributed by atoms with Crippen molar-refractivity contribution in [2.45, 2.75) is 31.7 Å². The number of hydrogen-bond acceptors (Lipinski definition) is 7. The number of hydrogen-bond donors (Lipinski definition) is 0. The molecule has 1 aliphatic heterocycles. The smallest absolute Gasteiger partial charge is 0.436 e. The van der Waals surface area contributed by atoms with Gasteiger partial charge in [0.15, 0.2) is 18.1 Å². The molecule has 1 aromatic heterocycles. The van der Waals surface area contributed by atoms with Gasteiger partial charge in [0.1, 0.15) is 15.6 Å². The highest BCUT2D eigenvalue weighted by Gasteiger charge is 2.41. The number of aromatic nitrogens is 2. The minimum absolute atomic E-state index is 0.0113. The van der Waals surface area contributed by atoms with E-state index in [1.54, 1.807) is 23.1 Å². The highest BCUT2D eigenvalue weighted by molar-refractivity contribution is 7.90. The molecule has 1 aromatic carbocycles. The van der Waals surface area contributed by atoms with Gasteiger partial charge in [-0.15, -0.1) is 0 Å². The molecule has 1 saturated heterocycles. The Labute approximate surface area is 211 Å². The van der Waals surface area contributed by atoms with E-state index in [4.69, 9.17) is 27.9 Å². The molecule has 35 heavy (non-hydrogen) atoms. The van der Waals surface area contributed by atoms with Crippen LogP contribution in [0.5, 0.6) is 5.75 Å². The van der Waals surface area contributed by atoms with Crippen LogP contribution in [-0.2, 0) is 20.8 Å². The third-order valence-corrected chi connectivity index (χ3v) is 7.65. The normalized spacial score (nSPS) is 18.5. The summed E-state index contributed by atoms with van der Waals surface area (Å²) in [5, 5.41) is 3.45. The molecule has 0 saturated carbocycles. The summed E-state index contributed by atoms with van der Waals surface area (Å²) in [7, 11) is -1.85. The van der Waals surface area contributed by atoms with E-state index in [-0.39, 0.29) is 24.4 Å². The van der Waals surface area contributed by atoms with Crippen molar-refractivity contribution in [3.05, 3.63) is 39.6 Å². The summed E-state index contributed by atoms with van der Waals surface area (Å²) >= 11 is 12.0. The predicted molar refractivity (Wildman–Crippen MR) is 127 cm³/mol. The largest absolute Gasteiger partial charge is 0.495 e. The van der Waals surface area contributed by atoms with E-state index in [0.717, 1.165) is 16.6 Å². The Morgan fingerprint density at radius 3 is 2.51 bits per heavy atom. The summed E-state index contributed by atoms with van der Waals surface area (Å²) in [6, 6.07) is 4.72. The maximum Gasteiger partial charge on any atom is 0.436 e. The van der Waals surface area contributed by atoms with Crippen LogP contribution < -0.4 is 9.64 Å². The van der Waals surface area contributed by atoms with Gasteiger partial charge in [-0.05, 0) is 25.5 Å². The van der Waals surface area contributed by atoms with Crippen LogP contribution in [0.1, 0.15) is 24.0 Å². The van der Waals surface area contributed by atoms with E-state index in [1.807, 2.05) is 4.90 Å². The molecular weight excluding hydrogens is 532 g/mol. The van der Waals surface area contributed by atoms with Gasteiger partial charge >= 0.3 is 6.18 Å². The topological polar surface area (TPSA) is 84.7 Å². The molecule has 0 spiro atoms. The fourth-order valence-electron chi connectivity index (χ4n) is 4.12. The Balaban J connectivity index is 1.96. The number of halogens is 5. The first-order valence-corrected chi connectivity index (χ1v) is 13.4. The number of carbonyl (C=O) groups is 1. The van der Waals surface area contributed by atoms with Crippen molar-refractivity contribution in [3.63, 3.8) is 0 Å². The summed E-state index contributed by atoms with van der Waals surface area (Å²) in [5.41, 5.74) is -0.512. The molecule has 194 valence electrons. The van der Waals surface area contributed by atoms with Gasteiger partial charge in [-0.1, -0.05) is 23.2 Å². The molecule has 0 radical (unpaired) electrons. The lowest BCUT2D eigenvalue weighted by Crippen LogP contribution is -2.56. The lowest BCUT2D eigenvalue weighted by atomic mass is 10.1. The van der Waals surface area contributed by atoms with Crippen molar-refractivity contribution in [2.24, 2.45) is 0 Å². The molecule has 0 amide bonds. The Kier molecular flexibility index (Phi) is 8.30. The molecule has 14 heteroatoms. The second kappa shape index (κ2) is 10.5. The molecule has 3 rings (SSSR count). The fraction of sp³-hybridized carbons (Fsp3) is 0.524. The van der Waals surface area contributed by atoms with Gasteiger partial charge in [0, 0.05) is 43.7 Å². The van der Waals surface area contributed by atoms with Crippen molar-refractivity contribution >= 4 is 45.0 Å². The van der Waals surface area contributed by atoms with Crippen LogP contribution >= 0.6 is 23.2 Å². The number of rotatable bonds is 8. The van der Waals surface area contributed by atoms with Crippen molar-refractivity contribution in [2.75, 3.05) is 43.7 Å². The van der Waals surface area contributed by atoms with E-state index < -0.39 is 38.9 Å². The number of methoxy groups -OCH3 is 1. The molecule has 1 fully saturated rings. The monoisotopic (exact) mass is 556 g/mol. The number of aldehydes is 1. The number of alkyl halides is 3. The first-order valence-electron chi connectivity index (χ1n) is 10.6. The maximum absolute atomic E-state index is 13.4. The minimum Gasteiger partial charge on any atom is -0.495 e. The van der Waals surface area contributed by atoms with E-state index >= 15 is 0 Å². The number of piperazine rings is 1. The van der Waals surface area contributed by atoms with Crippen LogP contribution in [0, 0.1) is 6.92 Å². The molecule has 1 unspecified atom stereocenters. The molecule has 2 heterocycles. The summed E-state index contributed by atoms with van der Waals surface area (Å²) in [4.78, 5) is 15.8. The van der Waals surface area contributed by atoms with Gasteiger partial charge in [-0.2, -0.15) is 18.3 Å². The van der Waals surface area contributed by atoms with Gasteiger partial charge < -0.3 is 9.64 Å². The average molecular weight is 557 g/mol. The molecule has 0 bridgehead atoms. The van der Waals surface area contributed by atoms with Crippen LogP contribution in [0.25, 0.3) is 0 Å². The third kappa shape index (κ3) is 6.22. The van der Waals surface area contributed by atoms with E-state index in [2.05, 4.69) is 5.10 Å². The zero-order chi connectivity index (χ0) is 26.1.